The molecule has 0 radical (unpaired) electrons. The Morgan fingerprint density at radius 3 is 2.48 bits per heavy atom. The number of ether oxygens (including phenoxy) is 1. The van der Waals surface area contributed by atoms with Gasteiger partial charge in [-0.2, -0.15) is 13.2 Å². The Morgan fingerprint density at radius 2 is 1.88 bits per heavy atom. The number of carbonyl (C=O) groups excluding carboxylic acids is 1. The summed E-state index contributed by atoms with van der Waals surface area (Å²) < 4.78 is 63.1. The average Bonchev–Trinajstić information content (AvgIpc) is 3.18. The summed E-state index contributed by atoms with van der Waals surface area (Å²) >= 11 is 0. The number of likely N-dealkylation sites (tertiary alicyclic amines) is 1. The van der Waals surface area contributed by atoms with Gasteiger partial charge in [-0.15, -0.1) is 0 Å². The van der Waals surface area contributed by atoms with Crippen LogP contribution in [0.25, 0.3) is 0 Å². The third-order valence-corrected chi connectivity index (χ3v) is 6.79. The van der Waals surface area contributed by atoms with Gasteiger partial charge in [0.05, 0.1) is 18.2 Å². The second-order valence-electron chi connectivity index (χ2n) is 9.21. The van der Waals surface area contributed by atoms with Crippen LogP contribution in [-0.2, 0) is 18.3 Å². The molecule has 3 heterocycles. The van der Waals surface area contributed by atoms with Crippen LogP contribution in [0.15, 0.2) is 30.3 Å². The normalized spacial score (nSPS) is 23.8. The number of likely N-dealkylation sites (N-methyl/N-ethyl adjacent to an activating group) is 1. The number of halogens is 4. The maximum absolute atomic E-state index is 15.8. The molecule has 1 aromatic carbocycles. The fourth-order valence-corrected chi connectivity index (χ4v) is 5.13. The van der Waals surface area contributed by atoms with Crippen LogP contribution in [0.2, 0.25) is 0 Å². The Balaban J connectivity index is 1.58. The highest BCUT2D eigenvalue weighted by atomic mass is 19.4. The zero-order valence-corrected chi connectivity index (χ0v) is 19.2. The number of piperidine rings is 1. The molecule has 0 saturated carbocycles. The highest BCUT2D eigenvalue weighted by Crippen LogP contribution is 2.45. The smallest absolute Gasteiger partial charge is 0.431 e. The Labute approximate surface area is 190 Å². The number of nitrogens with zero attached hydrogens (tertiary/aromatic N) is 3. The number of benzene rings is 1. The van der Waals surface area contributed by atoms with Crippen LogP contribution in [0, 0.1) is 6.92 Å². The summed E-state index contributed by atoms with van der Waals surface area (Å²) in [5.41, 5.74) is -0.372. The number of rotatable bonds is 3. The molecule has 4 rings (SSSR count). The van der Waals surface area contributed by atoms with Crippen molar-refractivity contribution in [3.05, 3.63) is 52.8 Å². The first-order valence-corrected chi connectivity index (χ1v) is 11.1. The maximum Gasteiger partial charge on any atom is 0.431 e. The lowest BCUT2D eigenvalue weighted by molar-refractivity contribution is -0.145. The lowest BCUT2D eigenvalue weighted by Gasteiger charge is -2.52. The van der Waals surface area contributed by atoms with E-state index in [0.29, 0.717) is 23.6 Å². The zero-order chi connectivity index (χ0) is 24.1. The van der Waals surface area contributed by atoms with E-state index in [1.807, 2.05) is 20.8 Å². The van der Waals surface area contributed by atoms with Crippen molar-refractivity contribution in [3.8, 4) is 5.75 Å². The van der Waals surface area contributed by atoms with E-state index in [-0.39, 0.29) is 38.1 Å². The van der Waals surface area contributed by atoms with Gasteiger partial charge < -0.3 is 14.2 Å². The molecule has 0 bridgehead atoms. The first kappa shape index (κ1) is 23.6. The molecule has 9 heteroatoms. The molecule has 2 atom stereocenters. The molecule has 1 unspecified atom stereocenters. The van der Waals surface area contributed by atoms with Crippen LogP contribution in [0.1, 0.15) is 47.6 Å². The van der Waals surface area contributed by atoms with Gasteiger partial charge in [0, 0.05) is 30.9 Å². The van der Waals surface area contributed by atoms with Gasteiger partial charge in [0.15, 0.2) is 0 Å². The first-order chi connectivity index (χ1) is 15.4. The fourth-order valence-electron chi connectivity index (χ4n) is 5.13. The summed E-state index contributed by atoms with van der Waals surface area (Å²) in [6.07, 6.45) is -5.81. The average molecular weight is 468 g/mol. The molecule has 0 aliphatic carbocycles. The molecule has 1 aromatic heterocycles. The molecule has 1 amide bonds. The van der Waals surface area contributed by atoms with Gasteiger partial charge in [0.2, 0.25) is 0 Å². The van der Waals surface area contributed by atoms with Crippen molar-refractivity contribution in [2.24, 2.45) is 0 Å². The minimum atomic E-state index is -4.50. The summed E-state index contributed by atoms with van der Waals surface area (Å²) in [5, 5.41) is 0. The minimum absolute atomic E-state index is 0.000114. The van der Waals surface area contributed by atoms with Crippen LogP contribution in [0.4, 0.5) is 17.6 Å². The lowest BCUT2D eigenvalue weighted by atomic mass is 9.79. The number of aryl methyl sites for hydroxylation is 1. The van der Waals surface area contributed by atoms with E-state index < -0.39 is 23.6 Å². The summed E-state index contributed by atoms with van der Waals surface area (Å²) in [7, 11) is 1.74. The van der Waals surface area contributed by atoms with Crippen LogP contribution in [0.3, 0.4) is 0 Å². The molecular weight excluding hydrogens is 438 g/mol. The molecule has 1 fully saturated rings. The number of hydrogen-bond acceptors (Lipinski definition) is 3. The summed E-state index contributed by atoms with van der Waals surface area (Å²) in [6, 6.07) is 7.55. The summed E-state index contributed by atoms with van der Waals surface area (Å²) in [6.45, 7) is 6.20. The number of amides is 1. The van der Waals surface area contributed by atoms with Crippen LogP contribution in [-0.4, -0.2) is 59.2 Å². The number of aromatic nitrogens is 1. The Morgan fingerprint density at radius 1 is 1.15 bits per heavy atom. The highest BCUT2D eigenvalue weighted by Gasteiger charge is 2.53. The molecule has 33 heavy (non-hydrogen) atoms. The molecule has 5 nitrogen and oxygen atoms in total. The standard InChI is InChI=1S/C24H29F4N3O2/c1-15(2)33-18-6-5-17(13-16(18)3)22(32)30-10-9-23(19(25)14-30)20-7-8-21(24(26,27)28)31(20)12-11-29(23)4/h5-8,13,15,19H,9-12,14H2,1-4H3/t19?,23-/m0/s1. The molecule has 0 N–H and O–H groups in total. The van der Waals surface area contributed by atoms with E-state index >= 15 is 4.39 Å². The molecule has 1 saturated heterocycles. The monoisotopic (exact) mass is 467 g/mol. The van der Waals surface area contributed by atoms with E-state index in [0.717, 1.165) is 11.6 Å². The molecule has 2 aromatic rings. The van der Waals surface area contributed by atoms with Gasteiger partial charge in [0.1, 0.15) is 17.6 Å². The second kappa shape index (κ2) is 8.34. The van der Waals surface area contributed by atoms with Gasteiger partial charge in [-0.3, -0.25) is 9.69 Å². The van der Waals surface area contributed by atoms with E-state index in [2.05, 4.69) is 0 Å². The summed E-state index contributed by atoms with van der Waals surface area (Å²) in [5.74, 6) is 0.393. The maximum atomic E-state index is 15.8. The van der Waals surface area contributed by atoms with Crippen molar-refractivity contribution in [2.75, 3.05) is 26.7 Å². The van der Waals surface area contributed by atoms with E-state index in [9.17, 15) is 18.0 Å². The number of alkyl halides is 4. The first-order valence-electron chi connectivity index (χ1n) is 11.1. The SMILES string of the molecule is Cc1cc(C(=O)N2CC[C@@]3(c4ccc(C(F)(F)F)n4CCN3C)C(F)C2)ccc1OC(C)C. The largest absolute Gasteiger partial charge is 0.491 e. The minimum Gasteiger partial charge on any atom is -0.491 e. The fraction of sp³-hybridized carbons (Fsp3) is 0.542. The number of carbonyl (C=O) groups is 1. The van der Waals surface area contributed by atoms with E-state index in [1.54, 1.807) is 30.1 Å². The number of fused-ring (bicyclic) bond motifs is 2. The Bertz CT molecular complexity index is 1050. The topological polar surface area (TPSA) is 37.7 Å². The van der Waals surface area contributed by atoms with Crippen molar-refractivity contribution in [1.82, 2.24) is 14.4 Å². The lowest BCUT2D eigenvalue weighted by Crippen LogP contribution is -2.63. The molecule has 2 aliphatic heterocycles. The van der Waals surface area contributed by atoms with Crippen molar-refractivity contribution >= 4 is 5.91 Å². The van der Waals surface area contributed by atoms with Crippen molar-refractivity contribution in [2.45, 2.75) is 57.7 Å². The molecule has 1 spiro atoms. The molecular formula is C24H29F4N3O2. The van der Waals surface area contributed by atoms with Crippen molar-refractivity contribution in [3.63, 3.8) is 0 Å². The highest BCUT2D eigenvalue weighted by molar-refractivity contribution is 5.94. The third kappa shape index (κ3) is 4.00. The van der Waals surface area contributed by atoms with Gasteiger partial charge in [-0.25, -0.2) is 4.39 Å². The second-order valence-corrected chi connectivity index (χ2v) is 9.21. The van der Waals surface area contributed by atoms with Gasteiger partial charge in [-0.1, -0.05) is 0 Å². The zero-order valence-electron chi connectivity index (χ0n) is 19.2. The molecule has 180 valence electrons. The Hall–Kier alpha value is -2.55. The van der Waals surface area contributed by atoms with Gasteiger partial charge in [-0.05, 0) is 70.1 Å². The number of hydrogen-bond donors (Lipinski definition) is 0. The molecule has 2 aliphatic rings. The predicted octanol–water partition coefficient (Wildman–Crippen LogP) is 4.63. The van der Waals surface area contributed by atoms with Crippen LogP contribution >= 0.6 is 0 Å². The van der Waals surface area contributed by atoms with Crippen molar-refractivity contribution < 1.29 is 27.1 Å². The predicted molar refractivity (Wildman–Crippen MR) is 116 cm³/mol. The van der Waals surface area contributed by atoms with E-state index in [1.165, 1.54) is 15.5 Å². The van der Waals surface area contributed by atoms with E-state index in [4.69, 9.17) is 4.74 Å². The van der Waals surface area contributed by atoms with Crippen LogP contribution < -0.4 is 4.74 Å². The van der Waals surface area contributed by atoms with Crippen molar-refractivity contribution in [1.29, 1.82) is 0 Å². The third-order valence-electron chi connectivity index (χ3n) is 6.79. The van der Waals surface area contributed by atoms with Crippen LogP contribution in [0.5, 0.6) is 5.75 Å². The van der Waals surface area contributed by atoms with Gasteiger partial charge >= 0.3 is 6.18 Å². The van der Waals surface area contributed by atoms with Gasteiger partial charge in [0.25, 0.3) is 5.91 Å². The quantitative estimate of drug-likeness (QED) is 0.618. The summed E-state index contributed by atoms with van der Waals surface area (Å²) in [4.78, 5) is 16.4. The Kier molecular flexibility index (Phi) is 5.97.